The van der Waals surface area contributed by atoms with Gasteiger partial charge in [-0.1, -0.05) is 48.7 Å². The van der Waals surface area contributed by atoms with Gasteiger partial charge < -0.3 is 0 Å². The number of nitrogens with one attached hydrogen (secondary N) is 1. The van der Waals surface area contributed by atoms with Crippen LogP contribution in [0.2, 0.25) is 5.02 Å². The molecular weight excluding hydrogens is 288 g/mol. The van der Waals surface area contributed by atoms with E-state index in [1.165, 1.54) is 5.56 Å². The van der Waals surface area contributed by atoms with E-state index in [0.717, 1.165) is 23.6 Å². The number of rotatable bonds is 5. The molecule has 0 aromatic heterocycles. The SMILES string of the molecule is N#Cc1cccc(C(CNS)Cc2ccc(Cl)cc2)c1. The number of hydrogen-bond acceptors (Lipinski definition) is 3. The summed E-state index contributed by atoms with van der Waals surface area (Å²) in [7, 11) is 0. The molecule has 1 N–H and O–H groups in total. The molecule has 0 saturated heterocycles. The summed E-state index contributed by atoms with van der Waals surface area (Å²) in [5.41, 5.74) is 3.04. The van der Waals surface area contributed by atoms with Gasteiger partial charge in [-0.3, -0.25) is 4.72 Å². The highest BCUT2D eigenvalue weighted by molar-refractivity contribution is 7.78. The number of halogens is 1. The van der Waals surface area contributed by atoms with E-state index >= 15 is 0 Å². The average molecular weight is 303 g/mol. The van der Waals surface area contributed by atoms with Crippen LogP contribution in [-0.2, 0) is 6.42 Å². The fraction of sp³-hybridized carbons (Fsp3) is 0.188. The van der Waals surface area contributed by atoms with Crippen molar-refractivity contribution in [2.75, 3.05) is 6.54 Å². The lowest BCUT2D eigenvalue weighted by molar-refractivity contribution is 0.673. The molecule has 0 radical (unpaired) electrons. The van der Waals surface area contributed by atoms with Gasteiger partial charge in [-0.15, -0.1) is 0 Å². The Morgan fingerprint density at radius 3 is 2.60 bits per heavy atom. The first-order chi connectivity index (χ1) is 9.72. The average Bonchev–Trinajstić information content (AvgIpc) is 2.49. The van der Waals surface area contributed by atoms with Crippen LogP contribution in [0, 0.1) is 11.3 Å². The van der Waals surface area contributed by atoms with E-state index in [0.29, 0.717) is 5.56 Å². The molecule has 2 rings (SSSR count). The fourth-order valence-electron chi connectivity index (χ4n) is 2.19. The lowest BCUT2D eigenvalue weighted by Gasteiger charge is -2.17. The Morgan fingerprint density at radius 1 is 1.20 bits per heavy atom. The van der Waals surface area contributed by atoms with Crippen molar-refractivity contribution in [3.63, 3.8) is 0 Å². The zero-order valence-corrected chi connectivity index (χ0v) is 12.5. The molecule has 0 aliphatic heterocycles. The van der Waals surface area contributed by atoms with Crippen LogP contribution in [0.5, 0.6) is 0 Å². The predicted octanol–water partition coefficient (Wildman–Crippen LogP) is 3.97. The Hall–Kier alpha value is -1.47. The van der Waals surface area contributed by atoms with E-state index in [1.807, 2.05) is 48.5 Å². The molecule has 0 amide bonds. The lowest BCUT2D eigenvalue weighted by atomic mass is 9.91. The lowest BCUT2D eigenvalue weighted by Crippen LogP contribution is -2.16. The summed E-state index contributed by atoms with van der Waals surface area (Å²) in [6.07, 6.45) is 0.875. The maximum absolute atomic E-state index is 9.00. The van der Waals surface area contributed by atoms with Crippen molar-refractivity contribution < 1.29 is 0 Å². The Bertz CT molecular complexity index is 605. The van der Waals surface area contributed by atoms with Crippen LogP contribution in [0.25, 0.3) is 0 Å². The van der Waals surface area contributed by atoms with Crippen molar-refractivity contribution >= 4 is 24.4 Å². The summed E-state index contributed by atoms with van der Waals surface area (Å²) >= 11 is 10.0. The van der Waals surface area contributed by atoms with Gasteiger partial charge in [0.25, 0.3) is 0 Å². The normalized spacial score (nSPS) is 11.8. The molecule has 0 bridgehead atoms. The van der Waals surface area contributed by atoms with Crippen LogP contribution < -0.4 is 4.72 Å². The minimum atomic E-state index is 0.266. The van der Waals surface area contributed by atoms with Crippen LogP contribution in [-0.4, -0.2) is 6.54 Å². The topological polar surface area (TPSA) is 35.8 Å². The molecule has 0 aliphatic carbocycles. The first-order valence-corrected chi connectivity index (χ1v) is 7.17. The van der Waals surface area contributed by atoms with E-state index in [2.05, 4.69) is 23.6 Å². The van der Waals surface area contributed by atoms with Crippen LogP contribution in [0.15, 0.2) is 48.5 Å². The van der Waals surface area contributed by atoms with Gasteiger partial charge in [-0.25, -0.2) is 0 Å². The summed E-state index contributed by atoms with van der Waals surface area (Å²) in [6.45, 7) is 0.737. The van der Waals surface area contributed by atoms with Gasteiger partial charge in [-0.05, 0) is 41.8 Å². The molecule has 1 atom stereocenters. The molecule has 1 unspecified atom stereocenters. The minimum absolute atomic E-state index is 0.266. The van der Waals surface area contributed by atoms with Gasteiger partial charge in [0.05, 0.1) is 11.6 Å². The van der Waals surface area contributed by atoms with Crippen molar-refractivity contribution in [2.24, 2.45) is 0 Å². The third kappa shape index (κ3) is 4.01. The molecule has 102 valence electrons. The van der Waals surface area contributed by atoms with Crippen molar-refractivity contribution in [2.45, 2.75) is 12.3 Å². The first kappa shape index (κ1) is 14.9. The quantitative estimate of drug-likeness (QED) is 0.820. The predicted molar refractivity (Wildman–Crippen MR) is 86.0 cm³/mol. The van der Waals surface area contributed by atoms with Gasteiger partial charge in [-0.2, -0.15) is 5.26 Å². The number of hydrogen-bond donors (Lipinski definition) is 2. The maximum Gasteiger partial charge on any atom is 0.0991 e. The zero-order valence-electron chi connectivity index (χ0n) is 10.9. The molecule has 2 nitrogen and oxygen atoms in total. The van der Waals surface area contributed by atoms with Gasteiger partial charge >= 0.3 is 0 Å². The molecule has 2 aromatic rings. The van der Waals surface area contributed by atoms with Crippen molar-refractivity contribution in [3.05, 3.63) is 70.2 Å². The van der Waals surface area contributed by atoms with Gasteiger partial charge in [0, 0.05) is 17.5 Å². The molecule has 0 fully saturated rings. The Balaban J connectivity index is 2.22. The molecule has 4 heteroatoms. The van der Waals surface area contributed by atoms with Crippen molar-refractivity contribution in [1.29, 1.82) is 5.26 Å². The monoisotopic (exact) mass is 302 g/mol. The van der Waals surface area contributed by atoms with Crippen LogP contribution in [0.4, 0.5) is 0 Å². The highest BCUT2D eigenvalue weighted by Gasteiger charge is 2.12. The van der Waals surface area contributed by atoms with Crippen molar-refractivity contribution in [3.8, 4) is 6.07 Å². The number of benzene rings is 2. The highest BCUT2D eigenvalue weighted by Crippen LogP contribution is 2.22. The van der Waals surface area contributed by atoms with E-state index < -0.39 is 0 Å². The summed E-state index contributed by atoms with van der Waals surface area (Å²) < 4.78 is 2.92. The van der Waals surface area contributed by atoms with E-state index in [-0.39, 0.29) is 5.92 Å². The van der Waals surface area contributed by atoms with Crippen LogP contribution in [0.3, 0.4) is 0 Å². The molecule has 0 heterocycles. The molecule has 20 heavy (non-hydrogen) atoms. The molecule has 0 aliphatic rings. The van der Waals surface area contributed by atoms with Gasteiger partial charge in [0.15, 0.2) is 0 Å². The summed E-state index contributed by atoms with van der Waals surface area (Å²) in [6, 6.07) is 17.8. The smallest absolute Gasteiger partial charge is 0.0991 e. The van der Waals surface area contributed by atoms with Gasteiger partial charge in [0.1, 0.15) is 0 Å². The maximum atomic E-state index is 9.00. The fourth-order valence-corrected chi connectivity index (χ4v) is 2.53. The second-order valence-electron chi connectivity index (χ2n) is 4.63. The Kier molecular flexibility index (Phi) is 5.49. The first-order valence-electron chi connectivity index (χ1n) is 6.34. The molecule has 2 aromatic carbocycles. The van der Waals surface area contributed by atoms with Crippen LogP contribution >= 0.6 is 24.4 Å². The van der Waals surface area contributed by atoms with E-state index in [9.17, 15) is 0 Å². The van der Waals surface area contributed by atoms with Crippen LogP contribution in [0.1, 0.15) is 22.6 Å². The Labute approximate surface area is 129 Å². The standard InChI is InChI=1S/C16H15ClN2S/c17-16-6-4-12(5-7-16)8-15(11-19-20)14-3-1-2-13(9-14)10-18/h1-7,9,15,19-20H,8,11H2. The second kappa shape index (κ2) is 7.35. The Morgan fingerprint density at radius 2 is 1.95 bits per heavy atom. The summed E-state index contributed by atoms with van der Waals surface area (Å²) in [5.74, 6) is 0.266. The highest BCUT2D eigenvalue weighted by atomic mass is 35.5. The summed E-state index contributed by atoms with van der Waals surface area (Å²) in [4.78, 5) is 0. The molecule has 0 saturated carbocycles. The molecular formula is C16H15ClN2S. The van der Waals surface area contributed by atoms with E-state index in [4.69, 9.17) is 16.9 Å². The zero-order chi connectivity index (χ0) is 14.4. The van der Waals surface area contributed by atoms with Gasteiger partial charge in [0.2, 0.25) is 0 Å². The second-order valence-corrected chi connectivity index (χ2v) is 5.38. The third-order valence-electron chi connectivity index (χ3n) is 3.22. The number of nitriles is 1. The minimum Gasteiger partial charge on any atom is -0.266 e. The number of nitrogens with zero attached hydrogens (tertiary/aromatic N) is 1. The number of thiol groups is 1. The van der Waals surface area contributed by atoms with Crippen molar-refractivity contribution in [1.82, 2.24) is 4.72 Å². The van der Waals surface area contributed by atoms with E-state index in [1.54, 1.807) is 0 Å². The largest absolute Gasteiger partial charge is 0.266 e. The molecule has 0 spiro atoms. The summed E-state index contributed by atoms with van der Waals surface area (Å²) in [5, 5.41) is 9.74. The third-order valence-corrected chi connectivity index (χ3v) is 3.65.